The number of nitriles is 1. The summed E-state index contributed by atoms with van der Waals surface area (Å²) in [6.07, 6.45) is 0. The van der Waals surface area contributed by atoms with Gasteiger partial charge >= 0.3 is 0 Å². The van der Waals surface area contributed by atoms with Crippen LogP contribution in [0.5, 0.6) is 5.75 Å². The summed E-state index contributed by atoms with van der Waals surface area (Å²) in [5.41, 5.74) is 2.18. The quantitative estimate of drug-likeness (QED) is 0.655. The number of rotatable bonds is 5. The molecule has 0 aliphatic carbocycles. The fourth-order valence-electron chi connectivity index (χ4n) is 1.98. The van der Waals surface area contributed by atoms with Crippen molar-refractivity contribution in [2.75, 3.05) is 11.8 Å². The minimum atomic E-state index is -0.264. The second kappa shape index (κ2) is 7.34. The van der Waals surface area contributed by atoms with Crippen LogP contribution in [0.2, 0.25) is 0 Å². The minimum Gasteiger partial charge on any atom is -0.495 e. The minimum absolute atomic E-state index is 0.264. The van der Waals surface area contributed by atoms with Gasteiger partial charge in [0.2, 0.25) is 0 Å². The number of thiazole rings is 1. The lowest BCUT2D eigenvalue weighted by molar-refractivity contribution is 0.417. The molecule has 0 aliphatic rings. The van der Waals surface area contributed by atoms with Gasteiger partial charge in [-0.2, -0.15) is 5.26 Å². The largest absolute Gasteiger partial charge is 0.495 e. The van der Waals surface area contributed by atoms with Crippen LogP contribution in [-0.4, -0.2) is 12.1 Å². The number of anilines is 1. The lowest BCUT2D eigenvalue weighted by atomic mass is 10.2. The SMILES string of the molecule is COc1cc(C#N)ccc1NSc1csc(-c2ccc(F)cc2)n1. The summed E-state index contributed by atoms with van der Waals surface area (Å²) in [4.78, 5) is 4.52. The van der Waals surface area contributed by atoms with Crippen molar-refractivity contribution in [1.29, 1.82) is 5.26 Å². The predicted molar refractivity (Wildman–Crippen MR) is 94.7 cm³/mol. The van der Waals surface area contributed by atoms with Crippen LogP contribution in [0.4, 0.5) is 10.1 Å². The van der Waals surface area contributed by atoms with Crippen molar-refractivity contribution in [2.24, 2.45) is 0 Å². The highest BCUT2D eigenvalue weighted by molar-refractivity contribution is 8.00. The van der Waals surface area contributed by atoms with Gasteiger partial charge < -0.3 is 9.46 Å². The number of hydrogen-bond acceptors (Lipinski definition) is 6. The van der Waals surface area contributed by atoms with E-state index >= 15 is 0 Å². The Bertz CT molecular complexity index is 888. The molecule has 0 amide bonds. The molecule has 120 valence electrons. The number of aromatic nitrogens is 1. The van der Waals surface area contributed by atoms with Crippen LogP contribution in [0.1, 0.15) is 5.56 Å². The van der Waals surface area contributed by atoms with Gasteiger partial charge in [-0.05, 0) is 36.4 Å². The van der Waals surface area contributed by atoms with E-state index in [4.69, 9.17) is 10.00 Å². The number of nitrogens with zero attached hydrogens (tertiary/aromatic N) is 2. The average Bonchev–Trinajstić information content (AvgIpc) is 3.09. The van der Waals surface area contributed by atoms with Crippen LogP contribution in [0.3, 0.4) is 0 Å². The highest BCUT2D eigenvalue weighted by Gasteiger charge is 2.08. The van der Waals surface area contributed by atoms with Crippen LogP contribution < -0.4 is 9.46 Å². The van der Waals surface area contributed by atoms with Crippen LogP contribution in [0.25, 0.3) is 10.6 Å². The van der Waals surface area contributed by atoms with Gasteiger partial charge in [0.1, 0.15) is 21.6 Å². The van der Waals surface area contributed by atoms with E-state index in [2.05, 4.69) is 15.8 Å². The fourth-order valence-corrected chi connectivity index (χ4v) is 3.59. The van der Waals surface area contributed by atoms with E-state index in [9.17, 15) is 4.39 Å². The van der Waals surface area contributed by atoms with Crippen molar-refractivity contribution >= 4 is 29.0 Å². The molecule has 3 rings (SSSR count). The number of benzene rings is 2. The summed E-state index contributed by atoms with van der Waals surface area (Å²) in [6, 6.07) is 13.5. The molecule has 0 saturated carbocycles. The normalized spacial score (nSPS) is 10.2. The monoisotopic (exact) mass is 357 g/mol. The molecular weight excluding hydrogens is 345 g/mol. The third-order valence-corrected chi connectivity index (χ3v) is 4.95. The van der Waals surface area contributed by atoms with Crippen LogP contribution in [0, 0.1) is 17.1 Å². The number of hydrogen-bond donors (Lipinski definition) is 1. The van der Waals surface area contributed by atoms with Gasteiger partial charge in [-0.25, -0.2) is 9.37 Å². The highest BCUT2D eigenvalue weighted by Crippen LogP contribution is 2.32. The number of nitrogens with one attached hydrogen (secondary N) is 1. The Labute approximate surface area is 147 Å². The summed E-state index contributed by atoms with van der Waals surface area (Å²) >= 11 is 2.84. The summed E-state index contributed by atoms with van der Waals surface area (Å²) in [5, 5.41) is 12.5. The maximum atomic E-state index is 13.0. The van der Waals surface area contributed by atoms with Crippen molar-refractivity contribution in [2.45, 2.75) is 5.03 Å². The zero-order valence-electron chi connectivity index (χ0n) is 12.6. The Balaban J connectivity index is 1.72. The van der Waals surface area contributed by atoms with E-state index in [-0.39, 0.29) is 5.82 Å². The molecule has 4 nitrogen and oxygen atoms in total. The first-order valence-corrected chi connectivity index (χ1v) is 8.61. The molecule has 0 aliphatic heterocycles. The van der Waals surface area contributed by atoms with Crippen LogP contribution in [-0.2, 0) is 0 Å². The summed E-state index contributed by atoms with van der Waals surface area (Å²) < 4.78 is 21.4. The van der Waals surface area contributed by atoms with Gasteiger partial charge in [0.15, 0.2) is 0 Å². The molecule has 0 saturated heterocycles. The van der Waals surface area contributed by atoms with Gasteiger partial charge in [0, 0.05) is 29.0 Å². The molecular formula is C17H12FN3OS2. The van der Waals surface area contributed by atoms with Gasteiger partial charge in [0.25, 0.3) is 0 Å². The molecule has 0 atom stereocenters. The van der Waals surface area contributed by atoms with Gasteiger partial charge in [-0.1, -0.05) is 0 Å². The third kappa shape index (κ3) is 3.67. The Hall–Kier alpha value is -2.56. The maximum Gasteiger partial charge on any atom is 0.144 e. The average molecular weight is 357 g/mol. The molecule has 0 bridgehead atoms. The first-order chi connectivity index (χ1) is 11.7. The van der Waals surface area contributed by atoms with Crippen molar-refractivity contribution in [3.8, 4) is 22.4 Å². The molecule has 24 heavy (non-hydrogen) atoms. The first-order valence-electron chi connectivity index (χ1n) is 6.92. The Morgan fingerprint density at radius 3 is 2.75 bits per heavy atom. The smallest absolute Gasteiger partial charge is 0.144 e. The molecule has 7 heteroatoms. The molecule has 0 spiro atoms. The summed E-state index contributed by atoms with van der Waals surface area (Å²) in [5.74, 6) is 0.329. The summed E-state index contributed by atoms with van der Waals surface area (Å²) in [7, 11) is 1.56. The second-order valence-corrected chi connectivity index (χ2v) is 6.41. The first kappa shape index (κ1) is 16.3. The van der Waals surface area contributed by atoms with Crippen molar-refractivity contribution in [3.63, 3.8) is 0 Å². The lowest BCUT2D eigenvalue weighted by Gasteiger charge is -2.09. The molecule has 0 unspecified atom stereocenters. The Morgan fingerprint density at radius 2 is 2.04 bits per heavy atom. The van der Waals surface area contributed by atoms with E-state index in [1.807, 2.05) is 5.38 Å². The molecule has 3 aromatic rings. The standard InChI is InChI=1S/C17H12FN3OS2/c1-22-15-8-11(9-19)2-7-14(15)21-24-16-10-23-17(20-16)12-3-5-13(18)6-4-12/h2-8,10,21H,1H3. The topological polar surface area (TPSA) is 57.9 Å². The maximum absolute atomic E-state index is 13.0. The zero-order chi connectivity index (χ0) is 16.9. The van der Waals surface area contributed by atoms with E-state index < -0.39 is 0 Å². The van der Waals surface area contributed by atoms with Crippen molar-refractivity contribution in [3.05, 3.63) is 59.2 Å². The summed E-state index contributed by atoms with van der Waals surface area (Å²) in [6.45, 7) is 0. The molecule has 1 heterocycles. The number of methoxy groups -OCH3 is 1. The van der Waals surface area contributed by atoms with Crippen molar-refractivity contribution in [1.82, 2.24) is 4.98 Å². The highest BCUT2D eigenvalue weighted by atomic mass is 32.2. The fraction of sp³-hybridized carbons (Fsp3) is 0.0588. The van der Waals surface area contributed by atoms with Gasteiger partial charge in [-0.3, -0.25) is 0 Å². The van der Waals surface area contributed by atoms with Crippen LogP contribution in [0.15, 0.2) is 52.9 Å². The third-order valence-electron chi connectivity index (χ3n) is 3.17. The van der Waals surface area contributed by atoms with Crippen LogP contribution >= 0.6 is 23.3 Å². The zero-order valence-corrected chi connectivity index (χ0v) is 14.2. The van der Waals surface area contributed by atoms with E-state index in [1.54, 1.807) is 37.4 Å². The second-order valence-electron chi connectivity index (χ2n) is 4.73. The Kier molecular flexibility index (Phi) is 4.99. The molecule has 0 fully saturated rings. The Morgan fingerprint density at radius 1 is 1.25 bits per heavy atom. The predicted octanol–water partition coefficient (Wildman–Crippen LogP) is 4.95. The lowest BCUT2D eigenvalue weighted by Crippen LogP contribution is -1.93. The molecule has 1 aromatic heterocycles. The molecule has 1 N–H and O–H groups in total. The van der Waals surface area contributed by atoms with Crippen molar-refractivity contribution < 1.29 is 9.13 Å². The van der Waals surface area contributed by atoms with E-state index in [1.165, 1.54) is 35.4 Å². The van der Waals surface area contributed by atoms with Gasteiger partial charge in [0.05, 0.1) is 24.4 Å². The van der Waals surface area contributed by atoms with Gasteiger partial charge in [-0.15, -0.1) is 11.3 Å². The van der Waals surface area contributed by atoms with E-state index in [0.717, 1.165) is 21.3 Å². The van der Waals surface area contributed by atoms with E-state index in [0.29, 0.717) is 11.3 Å². The number of halogens is 1. The number of ether oxygens (including phenoxy) is 1. The molecule has 0 radical (unpaired) electrons. The molecule has 2 aromatic carbocycles.